The minimum atomic E-state index is -0.274. The van der Waals surface area contributed by atoms with E-state index in [9.17, 15) is 4.39 Å². The fraction of sp³-hybridized carbons (Fsp3) is 0.214. The summed E-state index contributed by atoms with van der Waals surface area (Å²) in [5.74, 6) is 0.630. The van der Waals surface area contributed by atoms with Gasteiger partial charge in [0.2, 0.25) is 11.7 Å². The Balaban J connectivity index is 1.80. The van der Waals surface area contributed by atoms with Crippen molar-refractivity contribution in [3.63, 3.8) is 0 Å². The predicted octanol–water partition coefficient (Wildman–Crippen LogP) is 4.49. The summed E-state index contributed by atoms with van der Waals surface area (Å²) >= 11 is 3.12. The van der Waals surface area contributed by atoms with Crippen molar-refractivity contribution >= 4 is 23.1 Å². The van der Waals surface area contributed by atoms with Crippen molar-refractivity contribution in [1.29, 1.82) is 0 Å². The minimum Gasteiger partial charge on any atom is -0.338 e. The molecule has 0 aliphatic rings. The molecule has 2 aromatic heterocycles. The van der Waals surface area contributed by atoms with E-state index in [-0.39, 0.29) is 11.1 Å². The second-order valence-electron chi connectivity index (χ2n) is 4.48. The highest BCUT2D eigenvalue weighted by atomic mass is 32.2. The molecule has 2 heterocycles. The lowest BCUT2D eigenvalue weighted by Gasteiger charge is -2.02. The van der Waals surface area contributed by atoms with Gasteiger partial charge < -0.3 is 4.52 Å². The van der Waals surface area contributed by atoms with Gasteiger partial charge in [-0.25, -0.2) is 9.37 Å². The summed E-state index contributed by atoms with van der Waals surface area (Å²) in [6.07, 6.45) is 1.76. The van der Waals surface area contributed by atoms with Crippen molar-refractivity contribution in [2.75, 3.05) is 0 Å². The zero-order valence-corrected chi connectivity index (χ0v) is 13.0. The number of thiazole rings is 1. The normalized spacial score (nSPS) is 12.5. The molecular formula is C14H12FN3OS2. The second kappa shape index (κ2) is 5.95. The fourth-order valence-corrected chi connectivity index (χ4v) is 3.52. The SMILES string of the molecule is Cc1ccc(-c2noc([C@@H](C)Sc3nccs3)n2)cc1F. The molecule has 0 fully saturated rings. The molecule has 1 aromatic carbocycles. The summed E-state index contributed by atoms with van der Waals surface area (Å²) in [6, 6.07) is 4.91. The number of nitrogens with zero attached hydrogens (tertiary/aromatic N) is 3. The molecule has 0 spiro atoms. The molecule has 7 heteroatoms. The first kappa shape index (κ1) is 14.2. The van der Waals surface area contributed by atoms with Gasteiger partial charge in [-0.1, -0.05) is 29.1 Å². The molecule has 21 heavy (non-hydrogen) atoms. The molecule has 3 rings (SSSR count). The van der Waals surface area contributed by atoms with Crippen LogP contribution in [0.15, 0.2) is 38.6 Å². The molecule has 0 bridgehead atoms. The summed E-state index contributed by atoms with van der Waals surface area (Å²) in [5.41, 5.74) is 1.20. The van der Waals surface area contributed by atoms with Crippen LogP contribution < -0.4 is 0 Å². The van der Waals surface area contributed by atoms with Crippen LogP contribution in [0, 0.1) is 12.7 Å². The number of benzene rings is 1. The highest BCUT2D eigenvalue weighted by Crippen LogP contribution is 2.35. The van der Waals surface area contributed by atoms with E-state index in [0.29, 0.717) is 22.8 Å². The van der Waals surface area contributed by atoms with Crippen molar-refractivity contribution in [3.05, 3.63) is 47.0 Å². The molecule has 0 aliphatic carbocycles. The van der Waals surface area contributed by atoms with E-state index in [1.54, 1.807) is 48.4 Å². The third-order valence-electron chi connectivity index (χ3n) is 2.91. The van der Waals surface area contributed by atoms with Gasteiger partial charge in [0.25, 0.3) is 0 Å². The largest absolute Gasteiger partial charge is 0.338 e. The van der Waals surface area contributed by atoms with Crippen LogP contribution in [0.25, 0.3) is 11.4 Å². The lowest BCUT2D eigenvalue weighted by molar-refractivity contribution is 0.381. The van der Waals surface area contributed by atoms with Crippen LogP contribution in [0.2, 0.25) is 0 Å². The van der Waals surface area contributed by atoms with Gasteiger partial charge in [0.15, 0.2) is 4.34 Å². The minimum absolute atomic E-state index is 0.00676. The summed E-state index contributed by atoms with van der Waals surface area (Å²) in [6.45, 7) is 3.69. The predicted molar refractivity (Wildman–Crippen MR) is 80.8 cm³/mol. The van der Waals surface area contributed by atoms with Gasteiger partial charge in [-0.05, 0) is 25.5 Å². The maximum absolute atomic E-state index is 13.6. The fourth-order valence-electron chi connectivity index (χ4n) is 1.72. The van der Waals surface area contributed by atoms with Crippen LogP contribution in [0.3, 0.4) is 0 Å². The maximum atomic E-state index is 13.6. The van der Waals surface area contributed by atoms with Crippen molar-refractivity contribution in [2.45, 2.75) is 23.4 Å². The van der Waals surface area contributed by atoms with E-state index < -0.39 is 0 Å². The van der Waals surface area contributed by atoms with E-state index in [0.717, 1.165) is 4.34 Å². The van der Waals surface area contributed by atoms with Gasteiger partial charge in [-0.15, -0.1) is 11.3 Å². The lowest BCUT2D eigenvalue weighted by atomic mass is 10.1. The standard InChI is InChI=1S/C14H12FN3OS2/c1-8-3-4-10(7-11(8)15)12-17-13(19-18-12)9(2)21-14-16-5-6-20-14/h3-7,9H,1-2H3/t9-/m1/s1. The Morgan fingerprint density at radius 3 is 2.95 bits per heavy atom. The lowest BCUT2D eigenvalue weighted by Crippen LogP contribution is -1.89. The van der Waals surface area contributed by atoms with Gasteiger partial charge in [0.1, 0.15) is 5.82 Å². The van der Waals surface area contributed by atoms with Gasteiger partial charge in [-0.3, -0.25) is 0 Å². The number of halogens is 1. The Morgan fingerprint density at radius 2 is 2.24 bits per heavy atom. The van der Waals surface area contributed by atoms with E-state index >= 15 is 0 Å². The van der Waals surface area contributed by atoms with Gasteiger partial charge in [0.05, 0.1) is 5.25 Å². The molecular weight excluding hydrogens is 309 g/mol. The molecule has 0 radical (unpaired) electrons. The molecule has 0 saturated carbocycles. The van der Waals surface area contributed by atoms with Gasteiger partial charge in [-0.2, -0.15) is 4.98 Å². The topological polar surface area (TPSA) is 51.8 Å². The van der Waals surface area contributed by atoms with Gasteiger partial charge in [0, 0.05) is 17.1 Å². The van der Waals surface area contributed by atoms with Crippen LogP contribution >= 0.6 is 23.1 Å². The van der Waals surface area contributed by atoms with Crippen LogP contribution in [-0.2, 0) is 0 Å². The highest BCUT2D eigenvalue weighted by Gasteiger charge is 2.18. The molecule has 108 valence electrons. The van der Waals surface area contributed by atoms with Gasteiger partial charge >= 0.3 is 0 Å². The average Bonchev–Trinajstić information content (AvgIpc) is 3.12. The first-order valence-corrected chi connectivity index (χ1v) is 8.05. The Kier molecular flexibility index (Phi) is 4.03. The Labute approximate surface area is 129 Å². The molecule has 0 N–H and O–H groups in total. The quantitative estimate of drug-likeness (QED) is 0.662. The van der Waals surface area contributed by atoms with E-state index in [1.165, 1.54) is 6.07 Å². The molecule has 3 aromatic rings. The molecule has 4 nitrogen and oxygen atoms in total. The van der Waals surface area contributed by atoms with Crippen LogP contribution in [0.4, 0.5) is 4.39 Å². The zero-order chi connectivity index (χ0) is 14.8. The zero-order valence-electron chi connectivity index (χ0n) is 11.4. The van der Waals surface area contributed by atoms with Crippen molar-refractivity contribution in [2.24, 2.45) is 0 Å². The third-order valence-corrected chi connectivity index (χ3v) is 4.91. The Hall–Kier alpha value is -1.73. The number of aryl methyl sites for hydroxylation is 1. The van der Waals surface area contributed by atoms with E-state index in [4.69, 9.17) is 4.52 Å². The number of hydrogen-bond donors (Lipinski definition) is 0. The van der Waals surface area contributed by atoms with Crippen LogP contribution in [-0.4, -0.2) is 15.1 Å². The maximum Gasteiger partial charge on any atom is 0.240 e. The Morgan fingerprint density at radius 1 is 1.38 bits per heavy atom. The number of rotatable bonds is 4. The summed E-state index contributed by atoms with van der Waals surface area (Å²) < 4.78 is 19.8. The summed E-state index contributed by atoms with van der Waals surface area (Å²) in [5, 5.41) is 5.84. The van der Waals surface area contributed by atoms with E-state index in [1.807, 2.05) is 12.3 Å². The van der Waals surface area contributed by atoms with Crippen LogP contribution in [0.1, 0.15) is 23.6 Å². The number of thioether (sulfide) groups is 1. The Bertz CT molecular complexity index is 743. The molecule has 0 amide bonds. The summed E-state index contributed by atoms with van der Waals surface area (Å²) in [7, 11) is 0. The highest BCUT2D eigenvalue weighted by molar-refractivity contribution is 8.01. The summed E-state index contributed by atoms with van der Waals surface area (Å²) in [4.78, 5) is 8.55. The first-order valence-electron chi connectivity index (χ1n) is 6.30. The van der Waals surface area contributed by atoms with Crippen molar-refractivity contribution in [3.8, 4) is 11.4 Å². The van der Waals surface area contributed by atoms with Crippen LogP contribution in [0.5, 0.6) is 0 Å². The first-order chi connectivity index (χ1) is 10.1. The average molecular weight is 321 g/mol. The molecule has 0 saturated heterocycles. The monoisotopic (exact) mass is 321 g/mol. The second-order valence-corrected chi connectivity index (χ2v) is 6.96. The van der Waals surface area contributed by atoms with E-state index in [2.05, 4.69) is 15.1 Å². The molecule has 0 aliphatic heterocycles. The number of hydrogen-bond acceptors (Lipinski definition) is 6. The van der Waals surface area contributed by atoms with Crippen molar-refractivity contribution in [1.82, 2.24) is 15.1 Å². The third kappa shape index (κ3) is 3.14. The number of aromatic nitrogens is 3. The van der Waals surface area contributed by atoms with Crippen molar-refractivity contribution < 1.29 is 8.91 Å². The molecule has 1 atom stereocenters. The molecule has 0 unspecified atom stereocenters. The smallest absolute Gasteiger partial charge is 0.240 e.